The lowest BCUT2D eigenvalue weighted by Crippen LogP contribution is -2.21. The van der Waals surface area contributed by atoms with Crippen molar-refractivity contribution in [2.45, 2.75) is 32.3 Å². The number of carboxylic acid groups (broad SMARTS) is 1. The predicted molar refractivity (Wildman–Crippen MR) is 73.8 cm³/mol. The fraction of sp³-hybridized carbons (Fsp3) is 0.333. The minimum Gasteiger partial charge on any atom is -0.479 e. The number of carboxylic acids is 1. The maximum Gasteiger partial charge on any atom is 0.336 e. The molecular formula is C15H16O5. The maximum absolute atomic E-state index is 11.5. The van der Waals surface area contributed by atoms with Gasteiger partial charge in [0.05, 0.1) is 0 Å². The third-order valence-corrected chi connectivity index (χ3v) is 3.13. The van der Waals surface area contributed by atoms with Gasteiger partial charge in [0.25, 0.3) is 0 Å². The fourth-order valence-corrected chi connectivity index (χ4v) is 2.19. The average Bonchev–Trinajstić information content (AvgIpc) is 2.38. The molecule has 2 aromatic rings. The second-order valence-electron chi connectivity index (χ2n) is 4.73. The maximum atomic E-state index is 11.5. The van der Waals surface area contributed by atoms with Gasteiger partial charge >= 0.3 is 11.6 Å². The van der Waals surface area contributed by atoms with E-state index in [4.69, 9.17) is 9.52 Å². The summed E-state index contributed by atoms with van der Waals surface area (Å²) in [4.78, 5) is 22.1. The molecule has 2 rings (SSSR count). The largest absolute Gasteiger partial charge is 0.479 e. The number of fused-ring (bicyclic) bond motifs is 1. The summed E-state index contributed by atoms with van der Waals surface area (Å²) in [5.74, 6) is -1.27. The highest BCUT2D eigenvalue weighted by molar-refractivity contribution is 5.81. The van der Waals surface area contributed by atoms with Gasteiger partial charge in [-0.2, -0.15) is 0 Å². The van der Waals surface area contributed by atoms with E-state index in [1.807, 2.05) is 6.92 Å². The number of rotatable bonds is 5. The fourth-order valence-electron chi connectivity index (χ4n) is 2.19. The number of aryl methyl sites for hydroxylation is 1. The van der Waals surface area contributed by atoms with E-state index in [9.17, 15) is 14.7 Å². The summed E-state index contributed by atoms with van der Waals surface area (Å²) in [7, 11) is 0. The van der Waals surface area contributed by atoms with Gasteiger partial charge in [0.1, 0.15) is 5.58 Å². The molecule has 0 bridgehead atoms. The van der Waals surface area contributed by atoms with Gasteiger partial charge in [-0.1, -0.05) is 25.5 Å². The van der Waals surface area contributed by atoms with E-state index in [1.165, 1.54) is 6.07 Å². The highest BCUT2D eigenvalue weighted by atomic mass is 16.4. The summed E-state index contributed by atoms with van der Waals surface area (Å²) in [6.07, 6.45) is 0.211. The van der Waals surface area contributed by atoms with Crippen molar-refractivity contribution in [1.82, 2.24) is 0 Å². The lowest BCUT2D eigenvalue weighted by molar-refractivity contribution is -0.146. The molecule has 106 valence electrons. The lowest BCUT2D eigenvalue weighted by atomic mass is 10.0. The monoisotopic (exact) mass is 276 g/mol. The van der Waals surface area contributed by atoms with Crippen LogP contribution >= 0.6 is 0 Å². The molecule has 0 amide bonds. The van der Waals surface area contributed by atoms with Crippen LogP contribution in [0.5, 0.6) is 0 Å². The Balaban J connectivity index is 2.44. The number of carbonyl (C=O) groups is 1. The molecule has 0 aliphatic heterocycles. The Kier molecular flexibility index (Phi) is 4.20. The van der Waals surface area contributed by atoms with Crippen molar-refractivity contribution in [1.29, 1.82) is 0 Å². The van der Waals surface area contributed by atoms with Crippen LogP contribution in [0.15, 0.2) is 33.5 Å². The summed E-state index contributed by atoms with van der Waals surface area (Å²) in [5, 5.41) is 18.9. The summed E-state index contributed by atoms with van der Waals surface area (Å²) < 4.78 is 5.15. The molecule has 1 unspecified atom stereocenters. The van der Waals surface area contributed by atoms with Crippen molar-refractivity contribution in [3.63, 3.8) is 0 Å². The quantitative estimate of drug-likeness (QED) is 0.812. The molecular weight excluding hydrogens is 260 g/mol. The molecule has 0 saturated carbocycles. The zero-order chi connectivity index (χ0) is 14.7. The first kappa shape index (κ1) is 14.3. The van der Waals surface area contributed by atoms with Gasteiger partial charge in [0.2, 0.25) is 0 Å². The lowest BCUT2D eigenvalue weighted by Gasteiger charge is -2.08. The zero-order valence-electron chi connectivity index (χ0n) is 11.1. The third-order valence-electron chi connectivity index (χ3n) is 3.13. The molecule has 20 heavy (non-hydrogen) atoms. The topological polar surface area (TPSA) is 87.7 Å². The first-order chi connectivity index (χ1) is 9.51. The van der Waals surface area contributed by atoms with E-state index in [0.29, 0.717) is 11.1 Å². The van der Waals surface area contributed by atoms with Crippen molar-refractivity contribution in [3.05, 3.63) is 45.8 Å². The molecule has 1 aromatic carbocycles. The van der Waals surface area contributed by atoms with Gasteiger partial charge in [0.15, 0.2) is 6.10 Å². The first-order valence-corrected chi connectivity index (χ1v) is 6.47. The van der Waals surface area contributed by atoms with Gasteiger partial charge in [-0.05, 0) is 23.6 Å². The number of aliphatic hydroxyl groups is 1. The van der Waals surface area contributed by atoms with Crippen LogP contribution in [-0.4, -0.2) is 22.3 Å². The summed E-state index contributed by atoms with van der Waals surface area (Å²) in [6, 6.07) is 6.64. The smallest absolute Gasteiger partial charge is 0.336 e. The minimum atomic E-state index is -1.46. The molecule has 0 aliphatic carbocycles. The molecule has 0 aliphatic rings. The van der Waals surface area contributed by atoms with Crippen LogP contribution in [0.3, 0.4) is 0 Å². The number of aliphatic hydroxyl groups excluding tert-OH is 1. The second-order valence-corrected chi connectivity index (χ2v) is 4.73. The average molecular weight is 276 g/mol. The van der Waals surface area contributed by atoms with Crippen LogP contribution in [0.4, 0.5) is 0 Å². The van der Waals surface area contributed by atoms with Crippen LogP contribution in [0.1, 0.15) is 24.5 Å². The molecule has 5 nitrogen and oxygen atoms in total. The summed E-state index contributed by atoms with van der Waals surface area (Å²) in [6.45, 7) is 2.03. The van der Waals surface area contributed by atoms with E-state index in [-0.39, 0.29) is 6.42 Å². The highest BCUT2D eigenvalue weighted by Crippen LogP contribution is 2.20. The van der Waals surface area contributed by atoms with Crippen molar-refractivity contribution in [2.75, 3.05) is 0 Å². The van der Waals surface area contributed by atoms with Gasteiger partial charge in [-0.3, -0.25) is 0 Å². The van der Waals surface area contributed by atoms with Crippen molar-refractivity contribution in [3.8, 4) is 0 Å². The Bertz CT molecular complexity index is 686. The molecule has 0 saturated heterocycles. The number of hydrogen-bond acceptors (Lipinski definition) is 4. The molecule has 0 fully saturated rings. The van der Waals surface area contributed by atoms with Crippen molar-refractivity contribution in [2.24, 2.45) is 0 Å². The molecule has 0 spiro atoms. The first-order valence-electron chi connectivity index (χ1n) is 6.47. The Hall–Kier alpha value is -2.14. The molecule has 1 atom stereocenters. The van der Waals surface area contributed by atoms with E-state index < -0.39 is 17.7 Å². The number of aliphatic carboxylic acids is 1. The van der Waals surface area contributed by atoms with Gasteiger partial charge in [-0.15, -0.1) is 0 Å². The Morgan fingerprint density at radius 3 is 2.75 bits per heavy atom. The number of hydrogen-bond donors (Lipinski definition) is 2. The SMILES string of the molecule is CCCc1cc(=O)oc2cc(CC(O)C(=O)O)ccc12. The summed E-state index contributed by atoms with van der Waals surface area (Å²) >= 11 is 0. The highest BCUT2D eigenvalue weighted by Gasteiger charge is 2.14. The normalized spacial score (nSPS) is 12.5. The molecule has 1 heterocycles. The van der Waals surface area contributed by atoms with E-state index >= 15 is 0 Å². The molecule has 0 radical (unpaired) electrons. The van der Waals surface area contributed by atoms with E-state index in [0.717, 1.165) is 23.8 Å². The van der Waals surface area contributed by atoms with Crippen molar-refractivity contribution < 1.29 is 19.4 Å². The van der Waals surface area contributed by atoms with Crippen LogP contribution in [-0.2, 0) is 17.6 Å². The van der Waals surface area contributed by atoms with Crippen LogP contribution in [0, 0.1) is 0 Å². The van der Waals surface area contributed by atoms with Crippen LogP contribution in [0.25, 0.3) is 11.0 Å². The Labute approximate surface area is 115 Å². The van der Waals surface area contributed by atoms with Gasteiger partial charge in [0, 0.05) is 17.9 Å². The predicted octanol–water partition coefficient (Wildman–Crippen LogP) is 1.73. The standard InChI is InChI=1S/C15H16O5/c1-2-3-10-8-14(17)20-13-7-9(4-5-11(10)13)6-12(16)15(18)19/h4-5,7-8,12,16H,2-3,6H2,1H3,(H,18,19). The number of benzene rings is 1. The second kappa shape index (κ2) is 5.88. The van der Waals surface area contributed by atoms with Crippen LogP contribution in [0.2, 0.25) is 0 Å². The third kappa shape index (κ3) is 3.05. The Morgan fingerprint density at radius 2 is 2.10 bits per heavy atom. The van der Waals surface area contributed by atoms with E-state index in [2.05, 4.69) is 0 Å². The van der Waals surface area contributed by atoms with Crippen LogP contribution < -0.4 is 5.63 Å². The molecule has 1 aromatic heterocycles. The van der Waals surface area contributed by atoms with Gasteiger partial charge in [-0.25, -0.2) is 9.59 Å². The molecule has 2 N–H and O–H groups in total. The summed E-state index contributed by atoms with van der Waals surface area (Å²) in [5.41, 5.74) is 1.54. The van der Waals surface area contributed by atoms with Gasteiger partial charge < -0.3 is 14.6 Å². The van der Waals surface area contributed by atoms with E-state index in [1.54, 1.807) is 18.2 Å². The molecule has 5 heteroatoms. The zero-order valence-corrected chi connectivity index (χ0v) is 11.1. The van der Waals surface area contributed by atoms with Crippen molar-refractivity contribution >= 4 is 16.9 Å². The minimum absolute atomic E-state index is 0.0208. The Morgan fingerprint density at radius 1 is 1.35 bits per heavy atom.